The van der Waals surface area contributed by atoms with Gasteiger partial charge in [-0.3, -0.25) is 0 Å². The number of carboxylic acids is 1. The summed E-state index contributed by atoms with van der Waals surface area (Å²) >= 11 is 0. The molecule has 2 heterocycles. The Morgan fingerprint density at radius 3 is 2.33 bits per heavy atom. The lowest BCUT2D eigenvalue weighted by Crippen LogP contribution is -1.99. The van der Waals surface area contributed by atoms with Crippen molar-refractivity contribution in [2.75, 3.05) is 0 Å². The predicted molar refractivity (Wildman–Crippen MR) is 125 cm³/mol. The first kappa shape index (κ1) is 20.5. The highest BCUT2D eigenvalue weighted by atomic mass is 19.1. The Labute approximate surface area is 189 Å². The van der Waals surface area contributed by atoms with E-state index in [9.17, 15) is 14.3 Å². The number of hydrogen-bond acceptors (Lipinski definition) is 3. The Balaban J connectivity index is 1.45. The first-order valence-electron chi connectivity index (χ1n) is 10.3. The number of aryl methyl sites for hydroxylation is 1. The van der Waals surface area contributed by atoms with Crippen LogP contribution in [-0.4, -0.2) is 21.0 Å². The van der Waals surface area contributed by atoms with Crippen molar-refractivity contribution >= 4 is 17.0 Å². The number of hydrogen-bond donors (Lipinski definition) is 2. The first-order valence-corrected chi connectivity index (χ1v) is 10.3. The fraction of sp³-hybridized carbons (Fsp3) is 0.0370. The van der Waals surface area contributed by atoms with Crippen LogP contribution in [0.3, 0.4) is 0 Å². The van der Waals surface area contributed by atoms with Crippen LogP contribution in [0.2, 0.25) is 0 Å². The number of carbonyl (C=O) groups is 1. The largest absolute Gasteiger partial charge is 0.478 e. The molecule has 0 fully saturated rings. The molecule has 0 saturated carbocycles. The number of pyridine rings is 1. The molecule has 5 rings (SSSR count). The second-order valence-corrected chi connectivity index (χ2v) is 7.71. The molecule has 3 aromatic carbocycles. The monoisotopic (exact) mass is 438 g/mol. The molecule has 2 N–H and O–H groups in total. The number of H-pyrrole nitrogens is 1. The van der Waals surface area contributed by atoms with Crippen molar-refractivity contribution in [1.82, 2.24) is 9.97 Å². The Morgan fingerprint density at radius 2 is 1.61 bits per heavy atom. The Hall–Kier alpha value is -4.45. The lowest BCUT2D eigenvalue weighted by atomic mass is 10.0. The van der Waals surface area contributed by atoms with E-state index in [2.05, 4.69) is 9.97 Å². The minimum Gasteiger partial charge on any atom is -0.478 e. The second kappa shape index (κ2) is 8.24. The summed E-state index contributed by atoms with van der Waals surface area (Å²) in [6.45, 7) is 1.72. The van der Waals surface area contributed by atoms with Crippen LogP contribution >= 0.6 is 0 Å². The van der Waals surface area contributed by atoms with Crippen molar-refractivity contribution in [3.63, 3.8) is 0 Å². The summed E-state index contributed by atoms with van der Waals surface area (Å²) < 4.78 is 20.6. The minimum atomic E-state index is -1.03. The summed E-state index contributed by atoms with van der Waals surface area (Å²) in [5.41, 5.74) is 4.86. The van der Waals surface area contributed by atoms with Gasteiger partial charge in [-0.25, -0.2) is 14.2 Å². The predicted octanol–water partition coefficient (Wildman–Crippen LogP) is 6.83. The molecule has 0 aliphatic rings. The normalized spacial score (nSPS) is 11.0. The summed E-state index contributed by atoms with van der Waals surface area (Å²) in [6.07, 6.45) is 0. The molecule has 5 nitrogen and oxygen atoms in total. The van der Waals surface area contributed by atoms with Crippen LogP contribution in [0, 0.1) is 12.7 Å². The maximum Gasteiger partial charge on any atom is 0.336 e. The molecule has 0 saturated heterocycles. The fourth-order valence-corrected chi connectivity index (χ4v) is 3.74. The highest BCUT2D eigenvalue weighted by Crippen LogP contribution is 2.30. The van der Waals surface area contributed by atoms with E-state index >= 15 is 0 Å². The van der Waals surface area contributed by atoms with Crippen LogP contribution in [0.15, 0.2) is 84.9 Å². The Kier molecular flexibility index (Phi) is 5.11. The number of fused-ring (bicyclic) bond motifs is 1. The molecule has 0 spiro atoms. The Bertz CT molecular complexity index is 1480. The zero-order chi connectivity index (χ0) is 22.9. The van der Waals surface area contributed by atoms with Crippen LogP contribution in [-0.2, 0) is 0 Å². The molecule has 0 radical (unpaired) electrons. The molecule has 0 bridgehead atoms. The molecular formula is C27H19FN2O3. The van der Waals surface area contributed by atoms with Crippen molar-refractivity contribution in [3.8, 4) is 34.0 Å². The number of carboxylic acid groups (broad SMARTS) is 1. The average molecular weight is 438 g/mol. The molecule has 2 aromatic heterocycles. The third kappa shape index (κ3) is 4.06. The average Bonchev–Trinajstić information content (AvgIpc) is 3.21. The van der Waals surface area contributed by atoms with Gasteiger partial charge in [-0.1, -0.05) is 60.7 Å². The van der Waals surface area contributed by atoms with E-state index in [1.807, 2.05) is 54.6 Å². The number of aromatic nitrogens is 2. The minimum absolute atomic E-state index is 0.161. The number of rotatable bonds is 5. The van der Waals surface area contributed by atoms with Crippen LogP contribution in [0.4, 0.5) is 4.39 Å². The van der Waals surface area contributed by atoms with Gasteiger partial charge in [0.25, 0.3) is 0 Å². The SMILES string of the molecule is Cc1ccc(Oc2cc3nc(-c4ccc(-c5ccccc5)cc4)c(F)cc3[nH]2)cc1C(=O)O. The van der Waals surface area contributed by atoms with Crippen LogP contribution in [0.1, 0.15) is 15.9 Å². The molecular weight excluding hydrogens is 419 g/mol. The van der Waals surface area contributed by atoms with Crippen molar-refractivity contribution in [1.29, 1.82) is 0 Å². The van der Waals surface area contributed by atoms with Gasteiger partial charge >= 0.3 is 5.97 Å². The van der Waals surface area contributed by atoms with Gasteiger partial charge in [0.1, 0.15) is 11.4 Å². The molecule has 0 aliphatic heterocycles. The number of nitrogens with one attached hydrogen (secondary N) is 1. The number of nitrogens with zero attached hydrogens (tertiary/aromatic N) is 1. The van der Waals surface area contributed by atoms with Gasteiger partial charge in [0, 0.05) is 17.7 Å². The molecule has 33 heavy (non-hydrogen) atoms. The molecule has 0 amide bonds. The van der Waals surface area contributed by atoms with Crippen LogP contribution < -0.4 is 4.74 Å². The summed E-state index contributed by atoms with van der Waals surface area (Å²) in [6, 6.07) is 25.4. The maximum atomic E-state index is 14.9. The third-order valence-corrected chi connectivity index (χ3v) is 5.46. The van der Waals surface area contributed by atoms with Crippen molar-refractivity contribution in [2.45, 2.75) is 6.92 Å². The smallest absolute Gasteiger partial charge is 0.336 e. The van der Waals surface area contributed by atoms with E-state index in [1.54, 1.807) is 25.1 Å². The highest BCUT2D eigenvalue weighted by molar-refractivity contribution is 5.90. The molecule has 0 unspecified atom stereocenters. The Morgan fingerprint density at radius 1 is 0.909 bits per heavy atom. The summed E-state index contributed by atoms with van der Waals surface area (Å²) in [7, 11) is 0. The van der Waals surface area contributed by atoms with Gasteiger partial charge in [0.05, 0.1) is 16.6 Å². The van der Waals surface area contributed by atoms with Gasteiger partial charge in [-0.2, -0.15) is 0 Å². The van der Waals surface area contributed by atoms with E-state index in [-0.39, 0.29) is 11.3 Å². The number of halogens is 1. The van der Waals surface area contributed by atoms with E-state index in [0.29, 0.717) is 33.8 Å². The van der Waals surface area contributed by atoms with Gasteiger partial charge in [0.15, 0.2) is 11.7 Å². The molecule has 0 atom stereocenters. The number of ether oxygens (including phenoxy) is 1. The van der Waals surface area contributed by atoms with Crippen molar-refractivity contribution in [3.05, 3.63) is 102 Å². The lowest BCUT2D eigenvalue weighted by molar-refractivity contribution is 0.0695. The molecule has 162 valence electrons. The maximum absolute atomic E-state index is 14.9. The molecule has 0 aliphatic carbocycles. The van der Waals surface area contributed by atoms with Crippen molar-refractivity contribution in [2.24, 2.45) is 0 Å². The first-order chi connectivity index (χ1) is 16.0. The van der Waals surface area contributed by atoms with E-state index in [1.165, 1.54) is 12.1 Å². The van der Waals surface area contributed by atoms with E-state index in [4.69, 9.17) is 4.74 Å². The van der Waals surface area contributed by atoms with Gasteiger partial charge in [0.2, 0.25) is 0 Å². The van der Waals surface area contributed by atoms with Gasteiger partial charge in [-0.15, -0.1) is 0 Å². The summed E-state index contributed by atoms with van der Waals surface area (Å²) in [4.78, 5) is 18.8. The number of aromatic carboxylic acids is 1. The third-order valence-electron chi connectivity index (χ3n) is 5.46. The van der Waals surface area contributed by atoms with E-state index < -0.39 is 11.8 Å². The lowest BCUT2D eigenvalue weighted by Gasteiger charge is -2.06. The standard InChI is InChI=1S/C27H19FN2O3/c1-16-7-12-20(13-21(16)27(31)32)33-25-15-24-23(29-25)14-22(28)26(30-24)19-10-8-18(9-11-19)17-5-3-2-4-6-17/h2-15,29H,1H3,(H,31,32). The topological polar surface area (TPSA) is 75.2 Å². The van der Waals surface area contributed by atoms with Crippen molar-refractivity contribution < 1.29 is 19.0 Å². The molecule has 5 aromatic rings. The quantitative estimate of drug-likeness (QED) is 0.315. The van der Waals surface area contributed by atoms with E-state index in [0.717, 1.165) is 11.1 Å². The number of aromatic amines is 1. The summed E-state index contributed by atoms with van der Waals surface area (Å²) in [5, 5.41) is 9.31. The van der Waals surface area contributed by atoms with Gasteiger partial charge in [-0.05, 0) is 35.7 Å². The number of benzene rings is 3. The highest BCUT2D eigenvalue weighted by Gasteiger charge is 2.14. The fourth-order valence-electron chi connectivity index (χ4n) is 3.74. The van der Waals surface area contributed by atoms with Crippen LogP contribution in [0.25, 0.3) is 33.4 Å². The zero-order valence-electron chi connectivity index (χ0n) is 17.7. The second-order valence-electron chi connectivity index (χ2n) is 7.71. The molecule has 6 heteroatoms. The van der Waals surface area contributed by atoms with Crippen LogP contribution in [0.5, 0.6) is 11.6 Å². The summed E-state index contributed by atoms with van der Waals surface area (Å²) in [5.74, 6) is -0.775. The zero-order valence-corrected chi connectivity index (χ0v) is 17.7. The van der Waals surface area contributed by atoms with Gasteiger partial charge < -0.3 is 14.8 Å².